The van der Waals surface area contributed by atoms with Crippen molar-refractivity contribution in [2.75, 3.05) is 26.1 Å². The van der Waals surface area contributed by atoms with Gasteiger partial charge in [0, 0.05) is 12.7 Å². The van der Waals surface area contributed by atoms with E-state index in [1.165, 1.54) is 19.4 Å². The van der Waals surface area contributed by atoms with Crippen LogP contribution in [0.3, 0.4) is 0 Å². The molecule has 0 aromatic carbocycles. The van der Waals surface area contributed by atoms with E-state index in [0.29, 0.717) is 19.1 Å². The molecule has 1 aromatic heterocycles. The van der Waals surface area contributed by atoms with E-state index in [1.807, 2.05) is 13.8 Å². The molecular weight excluding hydrogens is 236 g/mol. The average Bonchev–Trinajstić information content (AvgIpc) is 2.37. The van der Waals surface area contributed by atoms with Crippen LogP contribution in [0, 0.1) is 0 Å². The van der Waals surface area contributed by atoms with Crippen molar-refractivity contribution in [3.8, 4) is 5.88 Å². The lowest BCUT2D eigenvalue weighted by molar-refractivity contribution is 0.0590. The SMILES string of the molecule is CCOCC(C)Oc1cc(C(=O)OC)c(N)cn1. The Morgan fingerprint density at radius 3 is 2.89 bits per heavy atom. The Hall–Kier alpha value is -1.82. The van der Waals surface area contributed by atoms with Gasteiger partial charge in [-0.3, -0.25) is 0 Å². The van der Waals surface area contributed by atoms with Crippen LogP contribution in [0.2, 0.25) is 0 Å². The molecule has 0 fully saturated rings. The van der Waals surface area contributed by atoms with Gasteiger partial charge in [-0.1, -0.05) is 0 Å². The molecule has 6 heteroatoms. The number of nitrogen functional groups attached to an aromatic ring is 1. The van der Waals surface area contributed by atoms with Crippen molar-refractivity contribution in [1.29, 1.82) is 0 Å². The highest BCUT2D eigenvalue weighted by molar-refractivity contribution is 5.95. The number of hydrogen-bond donors (Lipinski definition) is 1. The predicted molar refractivity (Wildman–Crippen MR) is 66.6 cm³/mol. The number of carbonyl (C=O) groups excluding carboxylic acids is 1. The summed E-state index contributed by atoms with van der Waals surface area (Å²) in [5, 5.41) is 0. The van der Waals surface area contributed by atoms with Crippen LogP contribution in [0.5, 0.6) is 5.88 Å². The van der Waals surface area contributed by atoms with Crippen molar-refractivity contribution in [2.45, 2.75) is 20.0 Å². The Balaban J connectivity index is 2.75. The van der Waals surface area contributed by atoms with Crippen molar-refractivity contribution in [3.05, 3.63) is 17.8 Å². The number of nitrogens with zero attached hydrogens (tertiary/aromatic N) is 1. The van der Waals surface area contributed by atoms with E-state index in [0.717, 1.165) is 0 Å². The average molecular weight is 254 g/mol. The quantitative estimate of drug-likeness (QED) is 0.769. The first-order valence-corrected chi connectivity index (χ1v) is 5.66. The molecule has 1 aromatic rings. The van der Waals surface area contributed by atoms with Gasteiger partial charge in [0.15, 0.2) is 0 Å². The Morgan fingerprint density at radius 2 is 2.28 bits per heavy atom. The number of nitrogens with two attached hydrogens (primary N) is 1. The molecule has 0 saturated heterocycles. The van der Waals surface area contributed by atoms with E-state index in [-0.39, 0.29) is 17.4 Å². The molecular formula is C12H18N2O4. The molecule has 18 heavy (non-hydrogen) atoms. The molecule has 0 spiro atoms. The summed E-state index contributed by atoms with van der Waals surface area (Å²) in [6, 6.07) is 1.46. The standard InChI is InChI=1S/C12H18N2O4/c1-4-17-7-8(2)18-11-5-9(12(15)16-3)10(13)6-14-11/h5-6,8H,4,7,13H2,1-3H3. The van der Waals surface area contributed by atoms with Gasteiger partial charge in [0.2, 0.25) is 5.88 Å². The second-order valence-electron chi connectivity index (χ2n) is 3.69. The molecule has 0 aliphatic heterocycles. The van der Waals surface area contributed by atoms with Gasteiger partial charge in [0.05, 0.1) is 31.2 Å². The van der Waals surface area contributed by atoms with E-state index in [9.17, 15) is 4.79 Å². The van der Waals surface area contributed by atoms with Gasteiger partial charge in [-0.05, 0) is 13.8 Å². The molecule has 1 unspecified atom stereocenters. The van der Waals surface area contributed by atoms with Gasteiger partial charge < -0.3 is 19.9 Å². The predicted octanol–water partition coefficient (Wildman–Crippen LogP) is 1.25. The normalized spacial score (nSPS) is 11.9. The zero-order valence-electron chi connectivity index (χ0n) is 10.8. The van der Waals surface area contributed by atoms with Crippen LogP contribution < -0.4 is 10.5 Å². The van der Waals surface area contributed by atoms with Crippen LogP contribution >= 0.6 is 0 Å². The highest BCUT2D eigenvalue weighted by atomic mass is 16.5. The maximum atomic E-state index is 11.4. The summed E-state index contributed by atoms with van der Waals surface area (Å²) in [6.07, 6.45) is 1.21. The van der Waals surface area contributed by atoms with E-state index >= 15 is 0 Å². The molecule has 0 radical (unpaired) electrons. The van der Waals surface area contributed by atoms with E-state index < -0.39 is 5.97 Å². The molecule has 1 rings (SSSR count). The maximum absolute atomic E-state index is 11.4. The summed E-state index contributed by atoms with van der Waals surface area (Å²) in [5.74, 6) is -0.200. The third-order valence-electron chi connectivity index (χ3n) is 2.19. The lowest BCUT2D eigenvalue weighted by Gasteiger charge is -2.14. The number of esters is 1. The third kappa shape index (κ3) is 3.89. The van der Waals surface area contributed by atoms with Crippen LogP contribution in [0.1, 0.15) is 24.2 Å². The third-order valence-corrected chi connectivity index (χ3v) is 2.19. The molecule has 2 N–H and O–H groups in total. The second-order valence-corrected chi connectivity index (χ2v) is 3.69. The Kier molecular flexibility index (Phi) is 5.38. The first-order valence-electron chi connectivity index (χ1n) is 5.66. The molecule has 0 amide bonds. The number of pyridine rings is 1. The molecule has 0 bridgehead atoms. The first kappa shape index (κ1) is 14.2. The van der Waals surface area contributed by atoms with Crippen LogP contribution in [-0.4, -0.2) is 37.4 Å². The van der Waals surface area contributed by atoms with Gasteiger partial charge in [-0.15, -0.1) is 0 Å². The molecule has 6 nitrogen and oxygen atoms in total. The van der Waals surface area contributed by atoms with Crippen LogP contribution in [-0.2, 0) is 9.47 Å². The van der Waals surface area contributed by atoms with Crippen molar-refractivity contribution in [2.24, 2.45) is 0 Å². The summed E-state index contributed by atoms with van der Waals surface area (Å²) < 4.78 is 15.3. The van der Waals surface area contributed by atoms with Gasteiger partial charge in [-0.2, -0.15) is 0 Å². The van der Waals surface area contributed by atoms with Crippen LogP contribution in [0.15, 0.2) is 12.3 Å². The summed E-state index contributed by atoms with van der Waals surface area (Å²) in [7, 11) is 1.29. The fourth-order valence-electron chi connectivity index (χ4n) is 1.32. The zero-order chi connectivity index (χ0) is 13.5. The van der Waals surface area contributed by atoms with E-state index in [1.54, 1.807) is 0 Å². The number of anilines is 1. The Bertz CT molecular complexity index is 409. The Labute approximate surface area is 106 Å². The van der Waals surface area contributed by atoms with Crippen molar-refractivity contribution in [3.63, 3.8) is 0 Å². The van der Waals surface area contributed by atoms with Gasteiger partial charge >= 0.3 is 5.97 Å². The fraction of sp³-hybridized carbons (Fsp3) is 0.500. The van der Waals surface area contributed by atoms with E-state index in [4.69, 9.17) is 15.2 Å². The smallest absolute Gasteiger partial charge is 0.340 e. The van der Waals surface area contributed by atoms with Crippen molar-refractivity contribution in [1.82, 2.24) is 4.98 Å². The van der Waals surface area contributed by atoms with Gasteiger partial charge in [0.25, 0.3) is 0 Å². The number of ether oxygens (including phenoxy) is 3. The lowest BCUT2D eigenvalue weighted by atomic mass is 10.2. The minimum Gasteiger partial charge on any atom is -0.472 e. The van der Waals surface area contributed by atoms with Gasteiger partial charge in [-0.25, -0.2) is 9.78 Å². The summed E-state index contributed by atoms with van der Waals surface area (Å²) in [6.45, 7) is 4.83. The number of aromatic nitrogens is 1. The molecule has 100 valence electrons. The number of hydrogen-bond acceptors (Lipinski definition) is 6. The first-order chi connectivity index (χ1) is 8.58. The molecule has 0 saturated carbocycles. The summed E-state index contributed by atoms with van der Waals surface area (Å²) >= 11 is 0. The molecule has 0 aliphatic rings. The number of rotatable bonds is 6. The number of carbonyl (C=O) groups is 1. The maximum Gasteiger partial charge on any atom is 0.340 e. The topological polar surface area (TPSA) is 83.7 Å². The molecule has 1 atom stereocenters. The van der Waals surface area contributed by atoms with Gasteiger partial charge in [0.1, 0.15) is 6.10 Å². The minimum atomic E-state index is -0.516. The molecule has 0 aliphatic carbocycles. The fourth-order valence-corrected chi connectivity index (χ4v) is 1.32. The summed E-state index contributed by atoms with van der Waals surface area (Å²) in [4.78, 5) is 15.4. The lowest BCUT2D eigenvalue weighted by Crippen LogP contribution is -2.20. The van der Waals surface area contributed by atoms with Crippen LogP contribution in [0.25, 0.3) is 0 Å². The monoisotopic (exact) mass is 254 g/mol. The number of methoxy groups -OCH3 is 1. The van der Waals surface area contributed by atoms with Crippen molar-refractivity contribution >= 4 is 11.7 Å². The molecule has 1 heterocycles. The minimum absolute atomic E-state index is 0.161. The van der Waals surface area contributed by atoms with E-state index in [2.05, 4.69) is 9.72 Å². The highest BCUT2D eigenvalue weighted by Gasteiger charge is 2.13. The van der Waals surface area contributed by atoms with Crippen LogP contribution in [0.4, 0.5) is 5.69 Å². The summed E-state index contributed by atoms with van der Waals surface area (Å²) in [5.41, 5.74) is 6.13. The highest BCUT2D eigenvalue weighted by Crippen LogP contribution is 2.18. The van der Waals surface area contributed by atoms with Crippen molar-refractivity contribution < 1.29 is 19.0 Å². The second kappa shape index (κ2) is 6.80. The zero-order valence-corrected chi connectivity index (χ0v) is 10.8. The largest absolute Gasteiger partial charge is 0.472 e. The Morgan fingerprint density at radius 1 is 1.56 bits per heavy atom.